The van der Waals surface area contributed by atoms with Gasteiger partial charge in [0.25, 0.3) is 0 Å². The fraction of sp³-hybridized carbons (Fsp3) is 0.647. The number of methoxy groups -OCH3 is 1. The van der Waals surface area contributed by atoms with Gasteiger partial charge < -0.3 is 10.5 Å². The van der Waals surface area contributed by atoms with Crippen LogP contribution in [0.5, 0.6) is 5.75 Å². The molecule has 2 atom stereocenters. The van der Waals surface area contributed by atoms with Gasteiger partial charge in [0.05, 0.1) is 7.11 Å². The van der Waals surface area contributed by atoms with Crippen molar-refractivity contribution >= 4 is 0 Å². The molecule has 2 fully saturated rings. The Hall–Kier alpha value is -1.06. The molecule has 3 rings (SSSR count). The van der Waals surface area contributed by atoms with E-state index in [0.717, 1.165) is 29.8 Å². The summed E-state index contributed by atoms with van der Waals surface area (Å²) in [4.78, 5) is 2.70. The predicted molar refractivity (Wildman–Crippen MR) is 81.7 cm³/mol. The van der Waals surface area contributed by atoms with Gasteiger partial charge in [-0.15, -0.1) is 0 Å². The van der Waals surface area contributed by atoms with Gasteiger partial charge in [-0.1, -0.05) is 12.5 Å². The summed E-state index contributed by atoms with van der Waals surface area (Å²) in [5.74, 6) is 1.87. The molecule has 1 heterocycles. The van der Waals surface area contributed by atoms with Crippen molar-refractivity contribution in [1.82, 2.24) is 4.90 Å². The molecule has 1 aliphatic heterocycles. The van der Waals surface area contributed by atoms with Gasteiger partial charge in [0.1, 0.15) is 5.75 Å². The standard InChI is InChI=1S/C17H26N2O/c1-20-17-8-7-13(10-15(17)11-18)12-19-9-3-5-14-4-2-6-16(14)19/h7-8,10,14,16H,2-6,9,11-12,18H2,1H3. The maximum Gasteiger partial charge on any atom is 0.123 e. The van der Waals surface area contributed by atoms with E-state index >= 15 is 0 Å². The first kappa shape index (κ1) is 13.9. The molecular formula is C17H26N2O. The minimum Gasteiger partial charge on any atom is -0.496 e. The van der Waals surface area contributed by atoms with Crippen molar-refractivity contribution in [2.45, 2.75) is 51.2 Å². The number of hydrogen-bond donors (Lipinski definition) is 1. The van der Waals surface area contributed by atoms with Crippen LogP contribution in [0.15, 0.2) is 18.2 Å². The first-order chi connectivity index (χ1) is 9.81. The van der Waals surface area contributed by atoms with Gasteiger partial charge in [0, 0.05) is 24.7 Å². The lowest BCUT2D eigenvalue weighted by atomic mass is 9.91. The third-order valence-corrected chi connectivity index (χ3v) is 5.06. The van der Waals surface area contributed by atoms with Gasteiger partial charge in [0.15, 0.2) is 0 Å². The molecule has 1 saturated carbocycles. The Morgan fingerprint density at radius 2 is 2.10 bits per heavy atom. The zero-order valence-corrected chi connectivity index (χ0v) is 12.5. The van der Waals surface area contributed by atoms with Crippen LogP contribution in [0.1, 0.15) is 43.2 Å². The van der Waals surface area contributed by atoms with Crippen LogP contribution in [0.3, 0.4) is 0 Å². The van der Waals surface area contributed by atoms with E-state index in [9.17, 15) is 0 Å². The first-order valence-corrected chi connectivity index (χ1v) is 7.91. The average molecular weight is 274 g/mol. The molecule has 2 N–H and O–H groups in total. The van der Waals surface area contributed by atoms with Crippen LogP contribution < -0.4 is 10.5 Å². The molecule has 2 unspecified atom stereocenters. The molecule has 0 bridgehead atoms. The summed E-state index contributed by atoms with van der Waals surface area (Å²) in [5, 5.41) is 0. The quantitative estimate of drug-likeness (QED) is 0.917. The number of hydrogen-bond acceptors (Lipinski definition) is 3. The maximum absolute atomic E-state index is 5.82. The summed E-state index contributed by atoms with van der Waals surface area (Å²) in [5.41, 5.74) is 8.31. The SMILES string of the molecule is COc1ccc(CN2CCCC3CCCC32)cc1CN. The van der Waals surface area contributed by atoms with Crippen molar-refractivity contribution in [3.8, 4) is 5.75 Å². The fourth-order valence-electron chi connectivity index (χ4n) is 4.08. The third-order valence-electron chi connectivity index (χ3n) is 5.06. The van der Waals surface area contributed by atoms with Crippen molar-refractivity contribution in [3.05, 3.63) is 29.3 Å². The molecule has 0 aromatic heterocycles. The number of nitrogens with zero attached hydrogens (tertiary/aromatic N) is 1. The molecule has 0 spiro atoms. The Kier molecular flexibility index (Phi) is 4.27. The molecule has 3 nitrogen and oxygen atoms in total. The third kappa shape index (κ3) is 2.70. The van der Waals surface area contributed by atoms with Crippen LogP contribution in [0.25, 0.3) is 0 Å². The van der Waals surface area contributed by atoms with E-state index in [-0.39, 0.29) is 0 Å². The van der Waals surface area contributed by atoms with Crippen molar-refractivity contribution in [2.24, 2.45) is 11.7 Å². The summed E-state index contributed by atoms with van der Waals surface area (Å²) in [6.45, 7) is 2.87. The number of ether oxygens (including phenoxy) is 1. The molecule has 0 amide bonds. The Labute approximate surface area is 122 Å². The van der Waals surface area contributed by atoms with Gasteiger partial charge in [0.2, 0.25) is 0 Å². The van der Waals surface area contributed by atoms with Crippen molar-refractivity contribution in [3.63, 3.8) is 0 Å². The van der Waals surface area contributed by atoms with Crippen LogP contribution in [0.4, 0.5) is 0 Å². The second kappa shape index (κ2) is 6.15. The number of rotatable bonds is 4. The number of nitrogens with two attached hydrogens (primary N) is 1. The number of benzene rings is 1. The molecule has 3 heteroatoms. The highest BCUT2D eigenvalue weighted by atomic mass is 16.5. The second-order valence-corrected chi connectivity index (χ2v) is 6.22. The van der Waals surface area contributed by atoms with Gasteiger partial charge in [-0.05, 0) is 55.8 Å². The fourth-order valence-corrected chi connectivity index (χ4v) is 4.08. The second-order valence-electron chi connectivity index (χ2n) is 6.22. The Morgan fingerprint density at radius 1 is 1.25 bits per heavy atom. The highest BCUT2D eigenvalue weighted by Gasteiger charge is 2.34. The van der Waals surface area contributed by atoms with E-state index in [2.05, 4.69) is 23.1 Å². The van der Waals surface area contributed by atoms with Crippen molar-refractivity contribution in [1.29, 1.82) is 0 Å². The Bertz CT molecular complexity index is 460. The molecule has 2 aliphatic rings. The molecule has 1 saturated heterocycles. The Morgan fingerprint density at radius 3 is 2.90 bits per heavy atom. The smallest absolute Gasteiger partial charge is 0.123 e. The van der Waals surface area contributed by atoms with E-state index in [0.29, 0.717) is 6.54 Å². The lowest BCUT2D eigenvalue weighted by Gasteiger charge is -2.37. The number of likely N-dealkylation sites (tertiary alicyclic amines) is 1. The van der Waals surface area contributed by atoms with Gasteiger partial charge >= 0.3 is 0 Å². The van der Waals surface area contributed by atoms with Crippen molar-refractivity contribution < 1.29 is 4.74 Å². The minimum absolute atomic E-state index is 0.545. The summed E-state index contributed by atoms with van der Waals surface area (Å²) < 4.78 is 5.36. The summed E-state index contributed by atoms with van der Waals surface area (Å²) in [6.07, 6.45) is 7.06. The van der Waals surface area contributed by atoms with Crippen LogP contribution in [0.2, 0.25) is 0 Å². The summed E-state index contributed by atoms with van der Waals surface area (Å²) in [7, 11) is 1.71. The average Bonchev–Trinajstić information content (AvgIpc) is 2.96. The molecule has 1 aromatic rings. The largest absolute Gasteiger partial charge is 0.496 e. The van der Waals surface area contributed by atoms with Crippen LogP contribution >= 0.6 is 0 Å². The van der Waals surface area contributed by atoms with E-state index in [1.54, 1.807) is 7.11 Å². The van der Waals surface area contributed by atoms with E-state index in [4.69, 9.17) is 10.5 Å². The van der Waals surface area contributed by atoms with Crippen molar-refractivity contribution in [2.75, 3.05) is 13.7 Å². The molecular weight excluding hydrogens is 248 g/mol. The normalized spacial score (nSPS) is 26.5. The van der Waals surface area contributed by atoms with E-state index < -0.39 is 0 Å². The van der Waals surface area contributed by atoms with Gasteiger partial charge in [-0.2, -0.15) is 0 Å². The van der Waals surface area contributed by atoms with Gasteiger partial charge in [-0.3, -0.25) is 4.90 Å². The summed E-state index contributed by atoms with van der Waals surface area (Å²) >= 11 is 0. The lowest BCUT2D eigenvalue weighted by Crippen LogP contribution is -2.41. The van der Waals surface area contributed by atoms with Crippen LogP contribution in [-0.4, -0.2) is 24.6 Å². The topological polar surface area (TPSA) is 38.5 Å². The van der Waals surface area contributed by atoms with Crippen LogP contribution in [-0.2, 0) is 13.1 Å². The van der Waals surface area contributed by atoms with Crippen LogP contribution in [0, 0.1) is 5.92 Å². The zero-order valence-electron chi connectivity index (χ0n) is 12.5. The number of fused-ring (bicyclic) bond motifs is 1. The van der Waals surface area contributed by atoms with E-state index in [1.165, 1.54) is 44.2 Å². The maximum atomic E-state index is 5.82. The first-order valence-electron chi connectivity index (χ1n) is 7.91. The predicted octanol–water partition coefficient (Wildman–Crippen LogP) is 2.92. The molecule has 20 heavy (non-hydrogen) atoms. The highest BCUT2D eigenvalue weighted by Crippen LogP contribution is 2.37. The molecule has 110 valence electrons. The zero-order chi connectivity index (χ0) is 13.9. The molecule has 0 radical (unpaired) electrons. The summed E-state index contributed by atoms with van der Waals surface area (Å²) in [6, 6.07) is 7.30. The van der Waals surface area contributed by atoms with E-state index in [1.807, 2.05) is 0 Å². The molecule has 1 aliphatic carbocycles. The number of piperidine rings is 1. The monoisotopic (exact) mass is 274 g/mol. The Balaban J connectivity index is 1.73. The highest BCUT2D eigenvalue weighted by molar-refractivity contribution is 5.37. The lowest BCUT2D eigenvalue weighted by molar-refractivity contribution is 0.106. The van der Waals surface area contributed by atoms with Gasteiger partial charge in [-0.25, -0.2) is 0 Å². The minimum atomic E-state index is 0.545. The molecule has 1 aromatic carbocycles.